The molecule has 100 valence electrons. The van der Waals surface area contributed by atoms with Crippen molar-refractivity contribution in [1.82, 2.24) is 4.90 Å². The highest BCUT2D eigenvalue weighted by Crippen LogP contribution is 2.15. The van der Waals surface area contributed by atoms with Gasteiger partial charge >= 0.3 is 5.97 Å². The minimum atomic E-state index is -1.22. The van der Waals surface area contributed by atoms with E-state index in [1.807, 2.05) is 0 Å². The summed E-state index contributed by atoms with van der Waals surface area (Å²) in [6.07, 6.45) is 2.00. The van der Waals surface area contributed by atoms with E-state index < -0.39 is 11.8 Å². The average molecular weight is 253 g/mol. The summed E-state index contributed by atoms with van der Waals surface area (Å²) in [6, 6.07) is 4.54. The molecule has 0 heterocycles. The molecule has 0 aliphatic carbocycles. The molecule has 0 aromatic heterocycles. The molecule has 0 atom stereocenters. The molecule has 0 saturated carbocycles. The number of rotatable bonds is 7. The van der Waals surface area contributed by atoms with E-state index in [-0.39, 0.29) is 5.56 Å². The van der Waals surface area contributed by atoms with Gasteiger partial charge in [0.15, 0.2) is 0 Å². The third kappa shape index (κ3) is 3.81. The second kappa shape index (κ2) is 7.11. The molecule has 1 aromatic rings. The van der Waals surface area contributed by atoms with E-state index >= 15 is 0 Å². The van der Waals surface area contributed by atoms with Gasteiger partial charge in [-0.2, -0.15) is 0 Å². The molecule has 1 N–H and O–H groups in total. The van der Waals surface area contributed by atoms with Crippen molar-refractivity contribution < 1.29 is 14.3 Å². The standard InChI is InChI=1S/C14H20FNO2/c1-3-8-16(9-4-2)10-11-6-5-7-12(13(11)15)14(17)18/h5-7H,3-4,8-10H2,1-2H3,(H,17,18). The van der Waals surface area contributed by atoms with Gasteiger partial charge in [0.1, 0.15) is 5.82 Å². The molecule has 4 heteroatoms. The second-order valence-electron chi connectivity index (χ2n) is 4.36. The topological polar surface area (TPSA) is 40.5 Å². The summed E-state index contributed by atoms with van der Waals surface area (Å²) in [4.78, 5) is 13.0. The molecule has 0 saturated heterocycles. The van der Waals surface area contributed by atoms with Gasteiger partial charge in [0, 0.05) is 12.1 Å². The first-order valence-corrected chi connectivity index (χ1v) is 6.33. The zero-order chi connectivity index (χ0) is 13.5. The highest BCUT2D eigenvalue weighted by molar-refractivity contribution is 5.88. The Balaban J connectivity index is 2.88. The van der Waals surface area contributed by atoms with E-state index in [1.165, 1.54) is 6.07 Å². The average Bonchev–Trinajstić information content (AvgIpc) is 2.32. The van der Waals surface area contributed by atoms with Crippen LogP contribution in [0.25, 0.3) is 0 Å². The van der Waals surface area contributed by atoms with Crippen molar-refractivity contribution in [3.8, 4) is 0 Å². The lowest BCUT2D eigenvalue weighted by Crippen LogP contribution is -2.25. The third-order valence-electron chi connectivity index (χ3n) is 2.78. The van der Waals surface area contributed by atoms with E-state index in [0.29, 0.717) is 12.1 Å². The molecule has 0 aliphatic heterocycles. The fourth-order valence-electron chi connectivity index (χ4n) is 2.01. The van der Waals surface area contributed by atoms with Gasteiger partial charge in [0.25, 0.3) is 0 Å². The van der Waals surface area contributed by atoms with Crippen molar-refractivity contribution in [2.24, 2.45) is 0 Å². The Bertz CT molecular complexity index is 401. The van der Waals surface area contributed by atoms with Crippen molar-refractivity contribution in [3.05, 3.63) is 35.1 Å². The maximum absolute atomic E-state index is 14.0. The fraction of sp³-hybridized carbons (Fsp3) is 0.500. The van der Waals surface area contributed by atoms with E-state index in [4.69, 9.17) is 5.11 Å². The quantitative estimate of drug-likeness (QED) is 0.811. The SMILES string of the molecule is CCCN(CCC)Cc1cccc(C(=O)O)c1F. The van der Waals surface area contributed by atoms with Crippen molar-refractivity contribution in [2.75, 3.05) is 13.1 Å². The predicted molar refractivity (Wildman–Crippen MR) is 69.2 cm³/mol. The smallest absolute Gasteiger partial charge is 0.338 e. The summed E-state index contributed by atoms with van der Waals surface area (Å²) >= 11 is 0. The summed E-state index contributed by atoms with van der Waals surface area (Å²) in [6.45, 7) is 6.41. The highest BCUT2D eigenvalue weighted by atomic mass is 19.1. The minimum Gasteiger partial charge on any atom is -0.478 e. The summed E-state index contributed by atoms with van der Waals surface area (Å²) in [5.41, 5.74) is 0.206. The van der Waals surface area contributed by atoms with Gasteiger partial charge in [-0.15, -0.1) is 0 Å². The van der Waals surface area contributed by atoms with Gasteiger partial charge < -0.3 is 5.11 Å². The van der Waals surface area contributed by atoms with Crippen molar-refractivity contribution in [1.29, 1.82) is 0 Å². The number of benzene rings is 1. The highest BCUT2D eigenvalue weighted by Gasteiger charge is 2.15. The molecule has 0 fully saturated rings. The van der Waals surface area contributed by atoms with Crippen molar-refractivity contribution in [2.45, 2.75) is 33.2 Å². The molecule has 1 aromatic carbocycles. The van der Waals surface area contributed by atoms with Crippen LogP contribution in [0, 0.1) is 5.82 Å². The Labute approximate surface area is 107 Å². The largest absolute Gasteiger partial charge is 0.478 e. The number of nitrogens with zero attached hydrogens (tertiary/aromatic N) is 1. The second-order valence-corrected chi connectivity index (χ2v) is 4.36. The lowest BCUT2D eigenvalue weighted by Gasteiger charge is -2.21. The first-order chi connectivity index (χ1) is 8.60. The van der Waals surface area contributed by atoms with Crippen LogP contribution in [0.5, 0.6) is 0 Å². The van der Waals surface area contributed by atoms with Crippen LogP contribution in [0.1, 0.15) is 42.6 Å². The summed E-state index contributed by atoms with van der Waals surface area (Å²) < 4.78 is 14.0. The van der Waals surface area contributed by atoms with Crippen LogP contribution in [-0.2, 0) is 6.54 Å². The summed E-state index contributed by atoms with van der Waals surface area (Å²) in [5, 5.41) is 8.88. The van der Waals surface area contributed by atoms with E-state index in [2.05, 4.69) is 18.7 Å². The number of aromatic carboxylic acids is 1. The van der Waals surface area contributed by atoms with Crippen LogP contribution >= 0.6 is 0 Å². The molecule has 0 unspecified atom stereocenters. The van der Waals surface area contributed by atoms with Crippen LogP contribution in [-0.4, -0.2) is 29.1 Å². The number of hydrogen-bond donors (Lipinski definition) is 1. The van der Waals surface area contributed by atoms with E-state index in [9.17, 15) is 9.18 Å². The van der Waals surface area contributed by atoms with Gasteiger partial charge in [0.2, 0.25) is 0 Å². The van der Waals surface area contributed by atoms with Gasteiger partial charge in [0.05, 0.1) is 5.56 Å². The molecular weight excluding hydrogens is 233 g/mol. The maximum Gasteiger partial charge on any atom is 0.338 e. The number of hydrogen-bond acceptors (Lipinski definition) is 2. The van der Waals surface area contributed by atoms with Crippen LogP contribution in [0.3, 0.4) is 0 Å². The zero-order valence-electron chi connectivity index (χ0n) is 10.9. The van der Waals surface area contributed by atoms with Crippen LogP contribution in [0.15, 0.2) is 18.2 Å². The first kappa shape index (κ1) is 14.6. The number of carboxylic acid groups (broad SMARTS) is 1. The van der Waals surface area contributed by atoms with Gasteiger partial charge in [-0.3, -0.25) is 4.90 Å². The summed E-state index contributed by atoms with van der Waals surface area (Å²) in [5.74, 6) is -1.82. The molecule has 18 heavy (non-hydrogen) atoms. The van der Waals surface area contributed by atoms with Crippen LogP contribution in [0.4, 0.5) is 4.39 Å². The molecule has 0 bridgehead atoms. The Morgan fingerprint density at radius 1 is 1.28 bits per heavy atom. The normalized spacial score (nSPS) is 10.9. The van der Waals surface area contributed by atoms with Crippen LogP contribution < -0.4 is 0 Å². The zero-order valence-corrected chi connectivity index (χ0v) is 10.9. The summed E-state index contributed by atoms with van der Waals surface area (Å²) in [7, 11) is 0. The Hall–Kier alpha value is -1.42. The fourth-order valence-corrected chi connectivity index (χ4v) is 2.01. The molecule has 0 radical (unpaired) electrons. The van der Waals surface area contributed by atoms with Gasteiger partial charge in [-0.25, -0.2) is 9.18 Å². The number of carbonyl (C=O) groups is 1. The molecule has 3 nitrogen and oxygen atoms in total. The third-order valence-corrected chi connectivity index (χ3v) is 2.78. The number of halogens is 1. The molecule has 0 aliphatic rings. The lowest BCUT2D eigenvalue weighted by atomic mass is 10.1. The van der Waals surface area contributed by atoms with E-state index in [0.717, 1.165) is 25.9 Å². The Morgan fingerprint density at radius 3 is 2.39 bits per heavy atom. The van der Waals surface area contributed by atoms with Crippen molar-refractivity contribution >= 4 is 5.97 Å². The van der Waals surface area contributed by atoms with Crippen molar-refractivity contribution in [3.63, 3.8) is 0 Å². The first-order valence-electron chi connectivity index (χ1n) is 6.33. The van der Waals surface area contributed by atoms with Crippen LogP contribution in [0.2, 0.25) is 0 Å². The Kier molecular flexibility index (Phi) is 5.78. The monoisotopic (exact) mass is 253 g/mol. The minimum absolute atomic E-state index is 0.250. The maximum atomic E-state index is 14.0. The Morgan fingerprint density at radius 2 is 1.89 bits per heavy atom. The molecule has 1 rings (SSSR count). The number of carboxylic acids is 1. The van der Waals surface area contributed by atoms with Gasteiger partial charge in [-0.05, 0) is 32.0 Å². The molecular formula is C14H20FNO2. The van der Waals surface area contributed by atoms with Gasteiger partial charge in [-0.1, -0.05) is 26.0 Å². The van der Waals surface area contributed by atoms with E-state index in [1.54, 1.807) is 12.1 Å². The molecule has 0 spiro atoms. The lowest BCUT2D eigenvalue weighted by molar-refractivity contribution is 0.0691. The predicted octanol–water partition coefficient (Wildman–Crippen LogP) is 3.15. The molecule has 0 amide bonds.